The summed E-state index contributed by atoms with van der Waals surface area (Å²) in [6.07, 6.45) is 2.43. The van der Waals surface area contributed by atoms with Gasteiger partial charge < -0.3 is 10.2 Å². The summed E-state index contributed by atoms with van der Waals surface area (Å²) < 4.78 is 0. The highest BCUT2D eigenvalue weighted by Gasteiger charge is 2.16. The van der Waals surface area contributed by atoms with Crippen LogP contribution in [-0.2, 0) is 0 Å². The van der Waals surface area contributed by atoms with Gasteiger partial charge in [0.15, 0.2) is 0 Å². The summed E-state index contributed by atoms with van der Waals surface area (Å²) in [7, 11) is 2.25. The van der Waals surface area contributed by atoms with Crippen LogP contribution in [0.3, 0.4) is 0 Å². The second kappa shape index (κ2) is 9.22. The van der Waals surface area contributed by atoms with Crippen molar-refractivity contribution in [2.45, 2.75) is 53.5 Å². The number of nitrogens with zero attached hydrogens (tertiary/aromatic N) is 1. The fraction of sp³-hybridized carbons (Fsp3) is 0.684. The van der Waals surface area contributed by atoms with Crippen LogP contribution in [0.25, 0.3) is 0 Å². The maximum atomic E-state index is 3.73. The van der Waals surface area contributed by atoms with Gasteiger partial charge in [0.2, 0.25) is 0 Å². The summed E-state index contributed by atoms with van der Waals surface area (Å²) in [5.41, 5.74) is 4.20. The Kier molecular flexibility index (Phi) is 7.98. The molecular formula is C19H34N2. The molecule has 0 aliphatic heterocycles. The van der Waals surface area contributed by atoms with E-state index >= 15 is 0 Å². The Bertz CT molecular complexity index is 414. The van der Waals surface area contributed by atoms with Crippen LogP contribution in [0.2, 0.25) is 0 Å². The zero-order chi connectivity index (χ0) is 15.8. The molecule has 0 spiro atoms. The molecule has 1 aromatic carbocycles. The zero-order valence-corrected chi connectivity index (χ0v) is 14.9. The second-order valence-corrected chi connectivity index (χ2v) is 6.60. The van der Waals surface area contributed by atoms with Crippen LogP contribution in [0, 0.1) is 19.8 Å². The quantitative estimate of drug-likeness (QED) is 0.728. The minimum atomic E-state index is 0.430. The standard InChI is InChI=1S/C19H34N2/c1-7-11-20-19(14-21(6)13-15(3)8-2)18-10-9-16(4)12-17(18)5/h9-10,12,15,19-20H,7-8,11,13-14H2,1-6H3. The van der Waals surface area contributed by atoms with Gasteiger partial charge in [-0.05, 0) is 50.9 Å². The average Bonchev–Trinajstić information content (AvgIpc) is 2.43. The first-order valence-corrected chi connectivity index (χ1v) is 8.46. The van der Waals surface area contributed by atoms with Gasteiger partial charge in [-0.15, -0.1) is 0 Å². The van der Waals surface area contributed by atoms with Crippen molar-refractivity contribution in [1.29, 1.82) is 0 Å². The molecule has 1 rings (SSSR count). The molecule has 0 radical (unpaired) electrons. The first-order chi connectivity index (χ1) is 9.97. The van der Waals surface area contributed by atoms with E-state index in [1.165, 1.54) is 36.1 Å². The molecule has 0 aliphatic carbocycles. The predicted octanol–water partition coefficient (Wildman–Crippen LogP) is 4.32. The van der Waals surface area contributed by atoms with Crippen molar-refractivity contribution in [2.75, 3.05) is 26.7 Å². The van der Waals surface area contributed by atoms with Gasteiger partial charge in [-0.25, -0.2) is 0 Å². The summed E-state index contributed by atoms with van der Waals surface area (Å²) >= 11 is 0. The Morgan fingerprint density at radius 2 is 1.86 bits per heavy atom. The highest BCUT2D eigenvalue weighted by Crippen LogP contribution is 2.20. The predicted molar refractivity (Wildman–Crippen MR) is 93.9 cm³/mol. The number of aryl methyl sites for hydroxylation is 2. The molecule has 0 bridgehead atoms. The van der Waals surface area contributed by atoms with Gasteiger partial charge >= 0.3 is 0 Å². The highest BCUT2D eigenvalue weighted by atomic mass is 15.1. The SMILES string of the molecule is CCCNC(CN(C)CC(C)CC)c1ccc(C)cc1C. The van der Waals surface area contributed by atoms with Gasteiger partial charge in [0.1, 0.15) is 0 Å². The number of hydrogen-bond donors (Lipinski definition) is 1. The molecule has 0 aromatic heterocycles. The molecule has 2 nitrogen and oxygen atoms in total. The minimum absolute atomic E-state index is 0.430. The van der Waals surface area contributed by atoms with Crippen LogP contribution >= 0.6 is 0 Å². The zero-order valence-electron chi connectivity index (χ0n) is 14.9. The molecule has 1 N–H and O–H groups in total. The third kappa shape index (κ3) is 6.19. The number of hydrogen-bond acceptors (Lipinski definition) is 2. The lowest BCUT2D eigenvalue weighted by molar-refractivity contribution is 0.252. The van der Waals surface area contributed by atoms with E-state index in [4.69, 9.17) is 0 Å². The largest absolute Gasteiger partial charge is 0.309 e. The van der Waals surface area contributed by atoms with Crippen molar-refractivity contribution < 1.29 is 0 Å². The maximum Gasteiger partial charge on any atom is 0.0451 e. The summed E-state index contributed by atoms with van der Waals surface area (Å²) in [4.78, 5) is 2.47. The van der Waals surface area contributed by atoms with Gasteiger partial charge in [-0.3, -0.25) is 0 Å². The van der Waals surface area contributed by atoms with Crippen molar-refractivity contribution in [2.24, 2.45) is 5.92 Å². The Balaban J connectivity index is 2.79. The molecule has 2 unspecified atom stereocenters. The van der Waals surface area contributed by atoms with E-state index in [2.05, 4.69) is 70.1 Å². The number of likely N-dealkylation sites (N-methyl/N-ethyl adjacent to an activating group) is 1. The Morgan fingerprint density at radius 3 is 2.43 bits per heavy atom. The molecule has 120 valence electrons. The van der Waals surface area contributed by atoms with E-state index in [-0.39, 0.29) is 0 Å². The lowest BCUT2D eigenvalue weighted by atomic mass is 9.98. The van der Waals surface area contributed by atoms with Gasteiger partial charge in [0.25, 0.3) is 0 Å². The average molecular weight is 290 g/mol. The van der Waals surface area contributed by atoms with Crippen LogP contribution in [-0.4, -0.2) is 31.6 Å². The lowest BCUT2D eigenvalue weighted by Crippen LogP contribution is -2.35. The van der Waals surface area contributed by atoms with Gasteiger partial charge in [0.05, 0.1) is 0 Å². The Labute approximate surface area is 131 Å². The van der Waals surface area contributed by atoms with E-state index in [9.17, 15) is 0 Å². The minimum Gasteiger partial charge on any atom is -0.309 e. The molecule has 0 amide bonds. The van der Waals surface area contributed by atoms with Gasteiger partial charge in [-0.2, -0.15) is 0 Å². The van der Waals surface area contributed by atoms with Crippen molar-refractivity contribution in [3.05, 3.63) is 34.9 Å². The summed E-state index contributed by atoms with van der Waals surface area (Å²) in [6.45, 7) is 14.6. The first kappa shape index (κ1) is 18.2. The van der Waals surface area contributed by atoms with E-state index < -0.39 is 0 Å². The molecule has 2 heteroatoms. The van der Waals surface area contributed by atoms with E-state index in [1.54, 1.807) is 0 Å². The number of benzene rings is 1. The molecule has 0 heterocycles. The third-order valence-electron chi connectivity index (χ3n) is 4.26. The van der Waals surface area contributed by atoms with Crippen molar-refractivity contribution >= 4 is 0 Å². The monoisotopic (exact) mass is 290 g/mol. The van der Waals surface area contributed by atoms with Crippen LogP contribution < -0.4 is 5.32 Å². The van der Waals surface area contributed by atoms with Crippen LogP contribution in [0.15, 0.2) is 18.2 Å². The molecule has 0 saturated heterocycles. The smallest absolute Gasteiger partial charge is 0.0451 e. The molecule has 1 aromatic rings. The van der Waals surface area contributed by atoms with Crippen LogP contribution in [0.5, 0.6) is 0 Å². The molecule has 21 heavy (non-hydrogen) atoms. The van der Waals surface area contributed by atoms with E-state index in [0.717, 1.165) is 19.0 Å². The highest BCUT2D eigenvalue weighted by molar-refractivity contribution is 5.33. The second-order valence-electron chi connectivity index (χ2n) is 6.60. The fourth-order valence-corrected chi connectivity index (χ4v) is 2.86. The lowest BCUT2D eigenvalue weighted by Gasteiger charge is -2.28. The molecule has 2 atom stereocenters. The molecule has 0 fully saturated rings. The number of nitrogens with one attached hydrogen (secondary N) is 1. The van der Waals surface area contributed by atoms with Gasteiger partial charge in [-0.1, -0.05) is 51.0 Å². The van der Waals surface area contributed by atoms with Gasteiger partial charge in [0, 0.05) is 19.1 Å². The van der Waals surface area contributed by atoms with Crippen molar-refractivity contribution in [1.82, 2.24) is 10.2 Å². The molecular weight excluding hydrogens is 256 g/mol. The topological polar surface area (TPSA) is 15.3 Å². The Hall–Kier alpha value is -0.860. The third-order valence-corrected chi connectivity index (χ3v) is 4.26. The Morgan fingerprint density at radius 1 is 1.14 bits per heavy atom. The van der Waals surface area contributed by atoms with E-state index in [0.29, 0.717) is 6.04 Å². The molecule has 0 aliphatic rings. The summed E-state index contributed by atoms with van der Waals surface area (Å²) in [5, 5.41) is 3.73. The van der Waals surface area contributed by atoms with Crippen molar-refractivity contribution in [3.63, 3.8) is 0 Å². The molecule has 0 saturated carbocycles. The van der Waals surface area contributed by atoms with E-state index in [1.807, 2.05) is 0 Å². The summed E-state index contributed by atoms with van der Waals surface area (Å²) in [6, 6.07) is 7.26. The first-order valence-electron chi connectivity index (χ1n) is 8.46. The van der Waals surface area contributed by atoms with Crippen LogP contribution in [0.1, 0.15) is 56.3 Å². The normalized spacial score (nSPS) is 14.4. The fourth-order valence-electron chi connectivity index (χ4n) is 2.86. The van der Waals surface area contributed by atoms with Crippen molar-refractivity contribution in [3.8, 4) is 0 Å². The maximum absolute atomic E-state index is 3.73. The summed E-state index contributed by atoms with van der Waals surface area (Å²) in [5.74, 6) is 0.765. The number of rotatable bonds is 9. The van der Waals surface area contributed by atoms with Crippen LogP contribution in [0.4, 0.5) is 0 Å².